The molecule has 1 heterocycles. The molecule has 1 atom stereocenters. The summed E-state index contributed by atoms with van der Waals surface area (Å²) in [7, 11) is 1.79. The minimum Gasteiger partial charge on any atom is -0.481 e. The SMILES string of the molecule is Cc1cc(C)c(C)c(O[C@@H](C)C(=O)Nc2c(C)n(C)n(-c3ccccc3)c2=O)c1. The summed E-state index contributed by atoms with van der Waals surface area (Å²) in [5.74, 6) is 0.311. The maximum Gasteiger partial charge on any atom is 0.295 e. The van der Waals surface area contributed by atoms with E-state index in [9.17, 15) is 9.59 Å². The third kappa shape index (κ3) is 3.97. The van der Waals surface area contributed by atoms with Gasteiger partial charge >= 0.3 is 0 Å². The van der Waals surface area contributed by atoms with Gasteiger partial charge in [-0.1, -0.05) is 24.3 Å². The van der Waals surface area contributed by atoms with Crippen molar-refractivity contribution >= 4 is 11.6 Å². The lowest BCUT2D eigenvalue weighted by Crippen LogP contribution is -2.32. The predicted octanol–water partition coefficient (Wildman–Crippen LogP) is 3.82. The quantitative estimate of drug-likeness (QED) is 0.717. The number of rotatable bonds is 5. The lowest BCUT2D eigenvalue weighted by atomic mass is 10.1. The summed E-state index contributed by atoms with van der Waals surface area (Å²) in [6.07, 6.45) is -0.751. The Hall–Kier alpha value is -3.28. The lowest BCUT2D eigenvalue weighted by Gasteiger charge is -2.17. The predicted molar refractivity (Wildman–Crippen MR) is 115 cm³/mol. The van der Waals surface area contributed by atoms with Gasteiger partial charge in [0.05, 0.1) is 11.4 Å². The fourth-order valence-corrected chi connectivity index (χ4v) is 3.30. The van der Waals surface area contributed by atoms with Crippen molar-refractivity contribution in [3.05, 3.63) is 75.2 Å². The van der Waals surface area contributed by atoms with Crippen molar-refractivity contribution in [3.63, 3.8) is 0 Å². The molecule has 0 fully saturated rings. The van der Waals surface area contributed by atoms with Crippen molar-refractivity contribution in [1.82, 2.24) is 9.36 Å². The number of carbonyl (C=O) groups is 1. The van der Waals surface area contributed by atoms with Gasteiger partial charge in [-0.15, -0.1) is 0 Å². The second kappa shape index (κ2) is 7.99. The molecule has 0 saturated heterocycles. The Balaban J connectivity index is 1.85. The first-order valence-corrected chi connectivity index (χ1v) is 9.60. The van der Waals surface area contributed by atoms with Crippen LogP contribution in [-0.2, 0) is 11.8 Å². The van der Waals surface area contributed by atoms with Gasteiger partial charge in [-0.2, -0.15) is 0 Å². The smallest absolute Gasteiger partial charge is 0.295 e. The average molecular weight is 393 g/mol. The van der Waals surface area contributed by atoms with Crippen LogP contribution in [0, 0.1) is 27.7 Å². The highest BCUT2D eigenvalue weighted by Crippen LogP contribution is 2.24. The monoisotopic (exact) mass is 393 g/mol. The molecule has 0 spiro atoms. The standard InChI is InChI=1S/C23H27N3O3/c1-14-12-15(2)16(3)20(13-14)29-18(5)22(27)24-21-17(4)25(6)26(23(21)28)19-10-8-7-9-11-19/h7-13,18H,1-6H3,(H,24,27)/t18-/m0/s1. The molecule has 1 N–H and O–H groups in total. The molecule has 1 aromatic heterocycles. The maximum atomic E-state index is 13.0. The molecule has 2 aromatic carbocycles. The van der Waals surface area contributed by atoms with Crippen LogP contribution in [0.15, 0.2) is 47.3 Å². The van der Waals surface area contributed by atoms with Crippen LogP contribution in [-0.4, -0.2) is 21.4 Å². The number of nitrogens with zero attached hydrogens (tertiary/aromatic N) is 2. The van der Waals surface area contributed by atoms with Crippen LogP contribution in [0.1, 0.15) is 29.3 Å². The summed E-state index contributed by atoms with van der Waals surface area (Å²) in [6, 6.07) is 13.3. The van der Waals surface area contributed by atoms with Crippen LogP contribution in [0.5, 0.6) is 5.75 Å². The number of anilines is 1. The first kappa shape index (κ1) is 20.5. The number of nitrogens with one attached hydrogen (secondary N) is 1. The highest BCUT2D eigenvalue weighted by molar-refractivity contribution is 5.94. The molecule has 29 heavy (non-hydrogen) atoms. The van der Waals surface area contributed by atoms with E-state index in [-0.39, 0.29) is 17.2 Å². The van der Waals surface area contributed by atoms with Crippen LogP contribution in [0.25, 0.3) is 5.69 Å². The first-order chi connectivity index (χ1) is 13.7. The van der Waals surface area contributed by atoms with E-state index in [0.717, 1.165) is 22.4 Å². The molecule has 0 aliphatic rings. The van der Waals surface area contributed by atoms with Crippen LogP contribution in [0.3, 0.4) is 0 Å². The minimum atomic E-state index is -0.751. The summed E-state index contributed by atoms with van der Waals surface area (Å²) in [5.41, 5.74) is 4.56. The van der Waals surface area contributed by atoms with Gasteiger partial charge in [-0.05, 0) is 69.5 Å². The summed E-state index contributed by atoms with van der Waals surface area (Å²) < 4.78 is 9.18. The van der Waals surface area contributed by atoms with E-state index in [1.165, 1.54) is 4.68 Å². The molecule has 0 aliphatic heterocycles. The normalized spacial score (nSPS) is 11.9. The van der Waals surface area contributed by atoms with Gasteiger partial charge in [0.2, 0.25) is 0 Å². The topological polar surface area (TPSA) is 65.3 Å². The van der Waals surface area contributed by atoms with Crippen molar-refractivity contribution in [3.8, 4) is 11.4 Å². The van der Waals surface area contributed by atoms with Crippen molar-refractivity contribution < 1.29 is 9.53 Å². The van der Waals surface area contributed by atoms with Gasteiger partial charge in [0.1, 0.15) is 11.4 Å². The number of para-hydroxylation sites is 1. The van der Waals surface area contributed by atoms with Crippen molar-refractivity contribution in [2.24, 2.45) is 7.05 Å². The van der Waals surface area contributed by atoms with Crippen LogP contribution < -0.4 is 15.6 Å². The first-order valence-electron chi connectivity index (χ1n) is 9.60. The molecule has 3 rings (SSSR count). The Kier molecular flexibility index (Phi) is 5.64. The molecular formula is C23H27N3O3. The molecule has 0 bridgehead atoms. The molecule has 152 valence electrons. The number of benzene rings is 2. The van der Waals surface area contributed by atoms with E-state index in [1.54, 1.807) is 25.6 Å². The fourth-order valence-electron chi connectivity index (χ4n) is 3.30. The van der Waals surface area contributed by atoms with E-state index < -0.39 is 6.10 Å². The van der Waals surface area contributed by atoms with Gasteiger partial charge < -0.3 is 10.1 Å². The van der Waals surface area contributed by atoms with Crippen LogP contribution in [0.2, 0.25) is 0 Å². The zero-order valence-corrected chi connectivity index (χ0v) is 17.7. The summed E-state index contributed by atoms with van der Waals surface area (Å²) in [5, 5.41) is 2.76. The minimum absolute atomic E-state index is 0.258. The average Bonchev–Trinajstić information content (AvgIpc) is 2.89. The van der Waals surface area contributed by atoms with Crippen molar-refractivity contribution in [2.45, 2.75) is 40.7 Å². The van der Waals surface area contributed by atoms with E-state index in [0.29, 0.717) is 11.4 Å². The Labute approximate surface area is 170 Å². The molecule has 0 unspecified atom stereocenters. The number of carbonyl (C=O) groups excluding carboxylic acids is 1. The van der Waals surface area contributed by atoms with Gasteiger partial charge in [-0.25, -0.2) is 4.68 Å². The number of aryl methyl sites for hydroxylation is 2. The molecule has 3 aromatic rings. The third-order valence-electron chi connectivity index (χ3n) is 5.24. The van der Waals surface area contributed by atoms with E-state index in [2.05, 4.69) is 11.4 Å². The lowest BCUT2D eigenvalue weighted by molar-refractivity contribution is -0.122. The Morgan fingerprint density at radius 1 is 1.07 bits per heavy atom. The molecule has 6 nitrogen and oxygen atoms in total. The number of aromatic nitrogens is 2. The van der Waals surface area contributed by atoms with Gasteiger partial charge in [0, 0.05) is 7.05 Å². The second-order valence-electron chi connectivity index (χ2n) is 7.39. The van der Waals surface area contributed by atoms with E-state index in [4.69, 9.17) is 4.74 Å². The van der Waals surface area contributed by atoms with E-state index >= 15 is 0 Å². The van der Waals surface area contributed by atoms with Gasteiger partial charge in [-0.3, -0.25) is 14.3 Å². The molecular weight excluding hydrogens is 366 g/mol. The number of ether oxygens (including phenoxy) is 1. The molecule has 6 heteroatoms. The maximum absolute atomic E-state index is 13.0. The summed E-state index contributed by atoms with van der Waals surface area (Å²) in [6.45, 7) is 9.45. The zero-order valence-electron chi connectivity index (χ0n) is 17.7. The Morgan fingerprint density at radius 2 is 1.72 bits per heavy atom. The van der Waals surface area contributed by atoms with Crippen LogP contribution >= 0.6 is 0 Å². The number of hydrogen-bond donors (Lipinski definition) is 1. The van der Waals surface area contributed by atoms with Gasteiger partial charge in [0.25, 0.3) is 11.5 Å². The highest BCUT2D eigenvalue weighted by atomic mass is 16.5. The number of hydrogen-bond acceptors (Lipinski definition) is 3. The Morgan fingerprint density at radius 3 is 2.38 bits per heavy atom. The molecule has 0 aliphatic carbocycles. The second-order valence-corrected chi connectivity index (χ2v) is 7.39. The summed E-state index contributed by atoms with van der Waals surface area (Å²) in [4.78, 5) is 25.7. The highest BCUT2D eigenvalue weighted by Gasteiger charge is 2.22. The van der Waals surface area contributed by atoms with Gasteiger partial charge in [0.15, 0.2) is 6.10 Å². The largest absolute Gasteiger partial charge is 0.481 e. The molecule has 1 amide bonds. The number of amides is 1. The van der Waals surface area contributed by atoms with Crippen LogP contribution in [0.4, 0.5) is 5.69 Å². The molecule has 0 radical (unpaired) electrons. The zero-order chi connectivity index (χ0) is 21.3. The fraction of sp³-hybridized carbons (Fsp3) is 0.304. The van der Waals surface area contributed by atoms with Crippen molar-refractivity contribution in [1.29, 1.82) is 0 Å². The Bertz CT molecular complexity index is 1110. The summed E-state index contributed by atoms with van der Waals surface area (Å²) >= 11 is 0. The van der Waals surface area contributed by atoms with Crippen molar-refractivity contribution in [2.75, 3.05) is 5.32 Å². The van der Waals surface area contributed by atoms with E-state index in [1.807, 2.05) is 57.2 Å². The molecule has 0 saturated carbocycles. The third-order valence-corrected chi connectivity index (χ3v) is 5.24.